The standard InChI is InChI=1S/C9H18N2O2/c1-3-8(9(10)12)11-5-4-7(6-11)13-2/h7-8H,3-6H2,1-2H3,(H2,10,12). The van der Waals surface area contributed by atoms with Gasteiger partial charge in [-0.25, -0.2) is 0 Å². The lowest BCUT2D eigenvalue weighted by molar-refractivity contribution is -0.123. The predicted octanol–water partition coefficient (Wildman–Crippen LogP) is -0.0290. The van der Waals surface area contributed by atoms with Crippen molar-refractivity contribution in [3.8, 4) is 0 Å². The zero-order chi connectivity index (χ0) is 9.84. The normalized spacial score (nSPS) is 26.2. The number of amides is 1. The number of primary amides is 1. The molecule has 0 bridgehead atoms. The van der Waals surface area contributed by atoms with Gasteiger partial charge in [0.15, 0.2) is 0 Å². The van der Waals surface area contributed by atoms with Gasteiger partial charge in [-0.2, -0.15) is 0 Å². The molecule has 0 aliphatic carbocycles. The van der Waals surface area contributed by atoms with E-state index in [1.807, 2.05) is 6.92 Å². The molecule has 1 heterocycles. The fourth-order valence-electron chi connectivity index (χ4n) is 1.87. The zero-order valence-corrected chi connectivity index (χ0v) is 8.32. The Morgan fingerprint density at radius 2 is 2.46 bits per heavy atom. The van der Waals surface area contributed by atoms with Gasteiger partial charge in [0.25, 0.3) is 0 Å². The summed E-state index contributed by atoms with van der Waals surface area (Å²) < 4.78 is 5.22. The van der Waals surface area contributed by atoms with Gasteiger partial charge in [0, 0.05) is 20.2 Å². The van der Waals surface area contributed by atoms with Crippen molar-refractivity contribution in [1.29, 1.82) is 0 Å². The van der Waals surface area contributed by atoms with Crippen LogP contribution >= 0.6 is 0 Å². The molecule has 1 fully saturated rings. The number of nitrogens with zero attached hydrogens (tertiary/aromatic N) is 1. The minimum Gasteiger partial charge on any atom is -0.380 e. The van der Waals surface area contributed by atoms with E-state index in [2.05, 4.69) is 4.90 Å². The Bertz CT molecular complexity index is 184. The van der Waals surface area contributed by atoms with Crippen LogP contribution in [0.1, 0.15) is 19.8 Å². The summed E-state index contributed by atoms with van der Waals surface area (Å²) in [5.74, 6) is -0.223. The van der Waals surface area contributed by atoms with Crippen LogP contribution in [-0.4, -0.2) is 43.2 Å². The molecule has 0 radical (unpaired) electrons. The Morgan fingerprint density at radius 1 is 1.77 bits per heavy atom. The fourth-order valence-corrected chi connectivity index (χ4v) is 1.87. The van der Waals surface area contributed by atoms with Crippen molar-refractivity contribution in [3.63, 3.8) is 0 Å². The van der Waals surface area contributed by atoms with E-state index in [0.29, 0.717) is 0 Å². The van der Waals surface area contributed by atoms with Crippen LogP contribution in [0.25, 0.3) is 0 Å². The molecule has 76 valence electrons. The van der Waals surface area contributed by atoms with Crippen LogP contribution in [0.5, 0.6) is 0 Å². The highest BCUT2D eigenvalue weighted by molar-refractivity contribution is 5.79. The van der Waals surface area contributed by atoms with Crippen molar-refractivity contribution in [1.82, 2.24) is 4.90 Å². The summed E-state index contributed by atoms with van der Waals surface area (Å²) in [6.45, 7) is 3.73. The van der Waals surface area contributed by atoms with E-state index in [1.54, 1.807) is 7.11 Å². The summed E-state index contributed by atoms with van der Waals surface area (Å²) in [4.78, 5) is 13.2. The first-order chi connectivity index (χ1) is 6.19. The number of carbonyl (C=O) groups is 1. The molecule has 4 heteroatoms. The molecule has 1 aliphatic heterocycles. The Morgan fingerprint density at radius 3 is 2.85 bits per heavy atom. The highest BCUT2D eigenvalue weighted by Gasteiger charge is 2.29. The molecule has 1 rings (SSSR count). The van der Waals surface area contributed by atoms with Gasteiger partial charge in [-0.15, -0.1) is 0 Å². The van der Waals surface area contributed by atoms with Gasteiger partial charge >= 0.3 is 0 Å². The highest BCUT2D eigenvalue weighted by Crippen LogP contribution is 2.16. The lowest BCUT2D eigenvalue weighted by Crippen LogP contribution is -2.43. The first-order valence-corrected chi connectivity index (χ1v) is 4.75. The van der Waals surface area contributed by atoms with Gasteiger partial charge in [-0.1, -0.05) is 6.92 Å². The van der Waals surface area contributed by atoms with Crippen LogP contribution in [0.15, 0.2) is 0 Å². The fraction of sp³-hybridized carbons (Fsp3) is 0.889. The number of ether oxygens (including phenoxy) is 1. The monoisotopic (exact) mass is 186 g/mol. The largest absolute Gasteiger partial charge is 0.380 e. The third-order valence-corrected chi connectivity index (χ3v) is 2.67. The molecule has 2 N–H and O–H groups in total. The SMILES string of the molecule is CCC(C(N)=O)N1CCC(OC)C1. The summed E-state index contributed by atoms with van der Waals surface area (Å²) in [5.41, 5.74) is 5.29. The van der Waals surface area contributed by atoms with Crippen LogP contribution in [0.3, 0.4) is 0 Å². The molecule has 0 aromatic carbocycles. The lowest BCUT2D eigenvalue weighted by Gasteiger charge is -2.23. The second-order valence-electron chi connectivity index (χ2n) is 3.47. The van der Waals surface area contributed by atoms with Gasteiger partial charge in [-0.3, -0.25) is 9.69 Å². The average molecular weight is 186 g/mol. The van der Waals surface area contributed by atoms with Crippen molar-refractivity contribution >= 4 is 5.91 Å². The summed E-state index contributed by atoms with van der Waals surface area (Å²) in [6, 6.07) is -0.111. The second kappa shape index (κ2) is 4.58. The minimum atomic E-state index is -0.223. The number of hydrogen-bond acceptors (Lipinski definition) is 3. The summed E-state index contributed by atoms with van der Waals surface area (Å²) >= 11 is 0. The van der Waals surface area contributed by atoms with E-state index in [4.69, 9.17) is 10.5 Å². The number of methoxy groups -OCH3 is 1. The quantitative estimate of drug-likeness (QED) is 0.671. The Balaban J connectivity index is 2.48. The van der Waals surface area contributed by atoms with Crippen molar-refractivity contribution in [3.05, 3.63) is 0 Å². The van der Waals surface area contributed by atoms with Gasteiger partial charge in [-0.05, 0) is 12.8 Å². The van der Waals surface area contributed by atoms with E-state index >= 15 is 0 Å². The Labute approximate surface area is 79.0 Å². The zero-order valence-electron chi connectivity index (χ0n) is 8.32. The van der Waals surface area contributed by atoms with Gasteiger partial charge < -0.3 is 10.5 Å². The van der Waals surface area contributed by atoms with Gasteiger partial charge in [0.05, 0.1) is 12.1 Å². The minimum absolute atomic E-state index is 0.111. The molecular formula is C9H18N2O2. The van der Waals surface area contributed by atoms with Crippen molar-refractivity contribution in [2.24, 2.45) is 5.73 Å². The predicted molar refractivity (Wildman–Crippen MR) is 50.3 cm³/mol. The smallest absolute Gasteiger partial charge is 0.234 e. The van der Waals surface area contributed by atoms with Crippen LogP contribution < -0.4 is 5.73 Å². The van der Waals surface area contributed by atoms with Gasteiger partial charge in [0.2, 0.25) is 5.91 Å². The highest BCUT2D eigenvalue weighted by atomic mass is 16.5. The number of likely N-dealkylation sites (tertiary alicyclic amines) is 1. The summed E-state index contributed by atoms with van der Waals surface area (Å²) in [7, 11) is 1.71. The van der Waals surface area contributed by atoms with Crippen LogP contribution in [0, 0.1) is 0 Å². The maximum atomic E-state index is 11.1. The third-order valence-electron chi connectivity index (χ3n) is 2.67. The van der Waals surface area contributed by atoms with Crippen LogP contribution in [0.4, 0.5) is 0 Å². The van der Waals surface area contributed by atoms with E-state index in [9.17, 15) is 4.79 Å². The maximum Gasteiger partial charge on any atom is 0.234 e. The molecule has 1 saturated heterocycles. The molecule has 1 amide bonds. The molecule has 0 aromatic rings. The third kappa shape index (κ3) is 2.42. The lowest BCUT2D eigenvalue weighted by atomic mass is 10.2. The summed E-state index contributed by atoms with van der Waals surface area (Å²) in [5, 5.41) is 0. The molecule has 4 nitrogen and oxygen atoms in total. The van der Waals surface area contributed by atoms with E-state index < -0.39 is 0 Å². The summed E-state index contributed by atoms with van der Waals surface area (Å²) in [6.07, 6.45) is 2.06. The van der Waals surface area contributed by atoms with Gasteiger partial charge in [0.1, 0.15) is 0 Å². The molecule has 1 aliphatic rings. The molecule has 13 heavy (non-hydrogen) atoms. The van der Waals surface area contributed by atoms with Crippen molar-refractivity contribution in [2.75, 3.05) is 20.2 Å². The number of carbonyl (C=O) groups excluding carboxylic acids is 1. The van der Waals surface area contributed by atoms with Crippen molar-refractivity contribution in [2.45, 2.75) is 31.9 Å². The van der Waals surface area contributed by atoms with Crippen LogP contribution in [-0.2, 0) is 9.53 Å². The Hall–Kier alpha value is -0.610. The van der Waals surface area contributed by atoms with Crippen LogP contribution in [0.2, 0.25) is 0 Å². The van der Waals surface area contributed by atoms with E-state index in [0.717, 1.165) is 25.9 Å². The molecule has 0 aromatic heterocycles. The van der Waals surface area contributed by atoms with E-state index in [-0.39, 0.29) is 18.1 Å². The molecule has 2 unspecified atom stereocenters. The molecule has 0 spiro atoms. The maximum absolute atomic E-state index is 11.1. The first kappa shape index (κ1) is 10.5. The van der Waals surface area contributed by atoms with Crippen molar-refractivity contribution < 1.29 is 9.53 Å². The molecule has 2 atom stereocenters. The Kier molecular flexibility index (Phi) is 3.69. The molecular weight excluding hydrogens is 168 g/mol. The molecule has 0 saturated carbocycles. The number of nitrogens with two attached hydrogens (primary N) is 1. The topological polar surface area (TPSA) is 55.6 Å². The first-order valence-electron chi connectivity index (χ1n) is 4.75. The number of rotatable bonds is 4. The average Bonchev–Trinajstić information content (AvgIpc) is 2.53. The number of hydrogen-bond donors (Lipinski definition) is 1. The van der Waals surface area contributed by atoms with E-state index in [1.165, 1.54) is 0 Å². The second-order valence-corrected chi connectivity index (χ2v) is 3.47.